The quantitative estimate of drug-likeness (QED) is 0.611. The average Bonchev–Trinajstić information content (AvgIpc) is 2.54. The zero-order valence-corrected chi connectivity index (χ0v) is 16.0. The van der Waals surface area contributed by atoms with E-state index < -0.39 is 15.9 Å². The standard InChI is InChI=1S/C17H27N3O4S/c1-5-13(4)20-16(21)9-10-18-17(22)15-11-14(8-7-12(15)3)25(23,24)19-6-2/h7-8,11,13,19H,5-6,9-10H2,1-4H3,(H,18,22)(H,20,21)/t13-/m1/s1. The van der Waals surface area contributed by atoms with E-state index >= 15 is 0 Å². The molecule has 0 saturated carbocycles. The Morgan fingerprint density at radius 2 is 1.88 bits per heavy atom. The minimum atomic E-state index is -3.63. The van der Waals surface area contributed by atoms with Crippen LogP contribution in [0.5, 0.6) is 0 Å². The molecule has 0 bridgehead atoms. The molecule has 0 aliphatic heterocycles. The summed E-state index contributed by atoms with van der Waals surface area (Å²) in [5.74, 6) is -0.530. The molecule has 0 heterocycles. The summed E-state index contributed by atoms with van der Waals surface area (Å²) in [7, 11) is -3.63. The number of carbonyl (C=O) groups excluding carboxylic acids is 2. The van der Waals surface area contributed by atoms with Crippen LogP contribution in [0.1, 0.15) is 49.5 Å². The van der Waals surface area contributed by atoms with Gasteiger partial charge in [-0.1, -0.05) is 19.9 Å². The van der Waals surface area contributed by atoms with Crippen LogP contribution in [0.2, 0.25) is 0 Å². The predicted molar refractivity (Wildman–Crippen MR) is 96.9 cm³/mol. The first kappa shape index (κ1) is 21.1. The Balaban J connectivity index is 2.74. The molecule has 1 atom stereocenters. The van der Waals surface area contributed by atoms with Gasteiger partial charge in [0.2, 0.25) is 15.9 Å². The third kappa shape index (κ3) is 6.47. The monoisotopic (exact) mass is 369 g/mol. The van der Waals surface area contributed by atoms with Gasteiger partial charge < -0.3 is 10.6 Å². The molecule has 0 spiro atoms. The summed E-state index contributed by atoms with van der Waals surface area (Å²) >= 11 is 0. The second kappa shape index (κ2) is 9.53. The van der Waals surface area contributed by atoms with Gasteiger partial charge in [0.05, 0.1) is 4.90 Å². The molecule has 0 radical (unpaired) electrons. The summed E-state index contributed by atoms with van der Waals surface area (Å²) in [6, 6.07) is 4.50. The molecule has 1 aromatic carbocycles. The summed E-state index contributed by atoms with van der Waals surface area (Å²) in [6.07, 6.45) is 1.01. The smallest absolute Gasteiger partial charge is 0.251 e. The first-order chi connectivity index (χ1) is 11.7. The van der Waals surface area contributed by atoms with Crippen LogP contribution in [0.4, 0.5) is 0 Å². The van der Waals surface area contributed by atoms with Gasteiger partial charge in [-0.25, -0.2) is 13.1 Å². The molecule has 2 amide bonds. The maximum Gasteiger partial charge on any atom is 0.251 e. The van der Waals surface area contributed by atoms with Crippen molar-refractivity contribution >= 4 is 21.8 Å². The number of hydrogen-bond donors (Lipinski definition) is 3. The number of aryl methyl sites for hydroxylation is 1. The van der Waals surface area contributed by atoms with Crippen molar-refractivity contribution in [1.82, 2.24) is 15.4 Å². The van der Waals surface area contributed by atoms with E-state index in [1.165, 1.54) is 12.1 Å². The molecule has 1 rings (SSSR count). The number of amides is 2. The fourth-order valence-corrected chi connectivity index (χ4v) is 3.19. The van der Waals surface area contributed by atoms with Gasteiger partial charge >= 0.3 is 0 Å². The normalized spacial score (nSPS) is 12.5. The summed E-state index contributed by atoms with van der Waals surface area (Å²) in [5.41, 5.74) is 0.943. The van der Waals surface area contributed by atoms with Gasteiger partial charge in [0.25, 0.3) is 5.91 Å². The van der Waals surface area contributed by atoms with E-state index in [9.17, 15) is 18.0 Å². The maximum absolute atomic E-state index is 12.3. The van der Waals surface area contributed by atoms with Crippen molar-refractivity contribution in [3.05, 3.63) is 29.3 Å². The molecular formula is C17H27N3O4S. The Kier molecular flexibility index (Phi) is 8.05. The lowest BCUT2D eigenvalue weighted by Gasteiger charge is -2.12. The molecule has 0 fully saturated rings. The molecular weight excluding hydrogens is 342 g/mol. The summed E-state index contributed by atoms with van der Waals surface area (Å²) < 4.78 is 26.5. The minimum absolute atomic E-state index is 0.0413. The maximum atomic E-state index is 12.3. The van der Waals surface area contributed by atoms with E-state index in [0.29, 0.717) is 5.56 Å². The third-order valence-corrected chi connectivity index (χ3v) is 5.30. The lowest BCUT2D eigenvalue weighted by atomic mass is 10.1. The Morgan fingerprint density at radius 1 is 1.20 bits per heavy atom. The molecule has 3 N–H and O–H groups in total. The Hall–Kier alpha value is -1.93. The Morgan fingerprint density at radius 3 is 2.48 bits per heavy atom. The van der Waals surface area contributed by atoms with E-state index in [1.54, 1.807) is 19.9 Å². The number of benzene rings is 1. The van der Waals surface area contributed by atoms with Crippen LogP contribution < -0.4 is 15.4 Å². The van der Waals surface area contributed by atoms with Gasteiger partial charge in [-0.3, -0.25) is 9.59 Å². The highest BCUT2D eigenvalue weighted by Gasteiger charge is 2.17. The zero-order chi connectivity index (χ0) is 19.0. The summed E-state index contributed by atoms with van der Waals surface area (Å²) in [4.78, 5) is 24.1. The van der Waals surface area contributed by atoms with Gasteiger partial charge in [0.1, 0.15) is 0 Å². The molecule has 1 aromatic rings. The van der Waals surface area contributed by atoms with Gasteiger partial charge in [0, 0.05) is 31.1 Å². The van der Waals surface area contributed by atoms with Crippen LogP contribution in [-0.4, -0.2) is 39.4 Å². The highest BCUT2D eigenvalue weighted by Crippen LogP contribution is 2.15. The zero-order valence-electron chi connectivity index (χ0n) is 15.2. The lowest BCUT2D eigenvalue weighted by Crippen LogP contribution is -2.35. The van der Waals surface area contributed by atoms with Crippen molar-refractivity contribution in [2.24, 2.45) is 0 Å². The van der Waals surface area contributed by atoms with E-state index in [1.807, 2.05) is 13.8 Å². The number of sulfonamides is 1. The van der Waals surface area contributed by atoms with E-state index in [-0.39, 0.29) is 41.9 Å². The number of nitrogens with one attached hydrogen (secondary N) is 3. The van der Waals surface area contributed by atoms with Crippen LogP contribution in [0, 0.1) is 6.92 Å². The number of hydrogen-bond acceptors (Lipinski definition) is 4. The molecule has 0 unspecified atom stereocenters. The molecule has 0 aliphatic carbocycles. The van der Waals surface area contributed by atoms with Crippen molar-refractivity contribution in [2.75, 3.05) is 13.1 Å². The lowest BCUT2D eigenvalue weighted by molar-refractivity contribution is -0.121. The summed E-state index contributed by atoms with van der Waals surface area (Å²) in [5, 5.41) is 5.48. The van der Waals surface area contributed by atoms with Gasteiger partial charge in [0.15, 0.2) is 0 Å². The van der Waals surface area contributed by atoms with Crippen molar-refractivity contribution in [2.45, 2.75) is 51.5 Å². The van der Waals surface area contributed by atoms with Gasteiger partial charge in [-0.2, -0.15) is 0 Å². The fraction of sp³-hybridized carbons (Fsp3) is 0.529. The van der Waals surface area contributed by atoms with Crippen LogP contribution in [-0.2, 0) is 14.8 Å². The molecule has 0 saturated heterocycles. The Bertz CT molecular complexity index is 717. The van der Waals surface area contributed by atoms with Crippen molar-refractivity contribution in [3.63, 3.8) is 0 Å². The van der Waals surface area contributed by atoms with Crippen molar-refractivity contribution < 1.29 is 18.0 Å². The van der Waals surface area contributed by atoms with Gasteiger partial charge in [-0.15, -0.1) is 0 Å². The second-order valence-corrected chi connectivity index (χ2v) is 7.63. The first-order valence-corrected chi connectivity index (χ1v) is 9.87. The molecule has 0 aromatic heterocycles. The fourth-order valence-electron chi connectivity index (χ4n) is 2.12. The molecule has 25 heavy (non-hydrogen) atoms. The summed E-state index contributed by atoms with van der Waals surface area (Å²) in [6.45, 7) is 7.76. The molecule has 7 nitrogen and oxygen atoms in total. The molecule has 8 heteroatoms. The minimum Gasteiger partial charge on any atom is -0.354 e. The van der Waals surface area contributed by atoms with E-state index in [0.717, 1.165) is 6.42 Å². The van der Waals surface area contributed by atoms with Gasteiger partial charge in [-0.05, 0) is 38.0 Å². The SMILES string of the molecule is CCNS(=O)(=O)c1ccc(C)c(C(=O)NCCC(=O)N[C@H](C)CC)c1. The number of carbonyl (C=O) groups is 2. The number of rotatable bonds is 9. The third-order valence-electron chi connectivity index (χ3n) is 3.76. The van der Waals surface area contributed by atoms with Crippen LogP contribution in [0.15, 0.2) is 23.1 Å². The van der Waals surface area contributed by atoms with Crippen molar-refractivity contribution in [3.8, 4) is 0 Å². The largest absolute Gasteiger partial charge is 0.354 e. The Labute approximate surface area is 149 Å². The first-order valence-electron chi connectivity index (χ1n) is 8.39. The molecule has 0 aliphatic rings. The van der Waals surface area contributed by atoms with E-state index in [4.69, 9.17) is 0 Å². The van der Waals surface area contributed by atoms with Crippen LogP contribution in [0.25, 0.3) is 0 Å². The highest BCUT2D eigenvalue weighted by atomic mass is 32.2. The van der Waals surface area contributed by atoms with Crippen molar-refractivity contribution in [1.29, 1.82) is 0 Å². The second-order valence-electron chi connectivity index (χ2n) is 5.86. The topological polar surface area (TPSA) is 104 Å². The predicted octanol–water partition coefficient (Wildman–Crippen LogP) is 1.33. The average molecular weight is 369 g/mol. The highest BCUT2D eigenvalue weighted by molar-refractivity contribution is 7.89. The van der Waals surface area contributed by atoms with Crippen LogP contribution in [0.3, 0.4) is 0 Å². The van der Waals surface area contributed by atoms with E-state index in [2.05, 4.69) is 15.4 Å². The van der Waals surface area contributed by atoms with Crippen LogP contribution >= 0.6 is 0 Å². The molecule has 140 valence electrons.